The van der Waals surface area contributed by atoms with Crippen LogP contribution in [0.15, 0.2) is 22.8 Å². The van der Waals surface area contributed by atoms with E-state index in [4.69, 9.17) is 14.3 Å². The van der Waals surface area contributed by atoms with Gasteiger partial charge in [-0.3, -0.25) is 0 Å². The highest BCUT2D eigenvalue weighted by atomic mass is 16.5. The van der Waals surface area contributed by atoms with Gasteiger partial charge in [-0.1, -0.05) is 12.8 Å². The first kappa shape index (κ1) is 11.2. The average molecular weight is 224 g/mol. The lowest BCUT2D eigenvalue weighted by Crippen LogP contribution is -2.28. The first-order chi connectivity index (χ1) is 7.77. The number of aliphatic carboxylic acids is 1. The Morgan fingerprint density at radius 3 is 3.00 bits per heavy atom. The van der Waals surface area contributed by atoms with Crippen molar-refractivity contribution in [1.29, 1.82) is 0 Å². The summed E-state index contributed by atoms with van der Waals surface area (Å²) in [6.07, 6.45) is 5.81. The van der Waals surface area contributed by atoms with Crippen molar-refractivity contribution >= 4 is 5.97 Å². The maximum Gasteiger partial charge on any atom is 0.329 e. The normalized spacial score (nSPS) is 25.5. The smallest absolute Gasteiger partial charge is 0.329 e. The molecule has 0 spiro atoms. The van der Waals surface area contributed by atoms with E-state index in [-0.39, 0.29) is 18.6 Å². The maximum atomic E-state index is 10.5. The summed E-state index contributed by atoms with van der Waals surface area (Å²) in [4.78, 5) is 10.5. The van der Waals surface area contributed by atoms with Crippen molar-refractivity contribution in [2.24, 2.45) is 0 Å². The lowest BCUT2D eigenvalue weighted by Gasteiger charge is -2.29. The number of rotatable bonds is 4. The molecule has 1 N–H and O–H groups in total. The van der Waals surface area contributed by atoms with Gasteiger partial charge in [0.25, 0.3) is 0 Å². The molecule has 88 valence electrons. The van der Waals surface area contributed by atoms with E-state index in [1.165, 1.54) is 0 Å². The minimum absolute atomic E-state index is 0.0176. The SMILES string of the molecule is O=C(O)CO[C@H]1CCCC[C@H]1c1ccco1. The van der Waals surface area contributed by atoms with Crippen LogP contribution in [0.4, 0.5) is 0 Å². The van der Waals surface area contributed by atoms with Crippen LogP contribution in [-0.2, 0) is 9.53 Å². The second-order valence-electron chi connectivity index (χ2n) is 4.15. The summed E-state index contributed by atoms with van der Waals surface area (Å²) in [5, 5.41) is 8.61. The molecule has 2 rings (SSSR count). The lowest BCUT2D eigenvalue weighted by molar-refractivity contribution is -0.145. The second-order valence-corrected chi connectivity index (χ2v) is 4.15. The van der Waals surface area contributed by atoms with E-state index < -0.39 is 5.97 Å². The molecule has 0 aliphatic heterocycles. The summed E-state index contributed by atoms with van der Waals surface area (Å²) in [6.45, 7) is -0.220. The van der Waals surface area contributed by atoms with Gasteiger partial charge in [-0.2, -0.15) is 0 Å². The number of ether oxygens (including phenoxy) is 1. The molecule has 16 heavy (non-hydrogen) atoms. The van der Waals surface area contributed by atoms with Crippen molar-refractivity contribution in [3.05, 3.63) is 24.2 Å². The molecule has 1 aromatic heterocycles. The fourth-order valence-corrected chi connectivity index (χ4v) is 2.30. The molecular formula is C12H16O4. The quantitative estimate of drug-likeness (QED) is 0.853. The zero-order valence-electron chi connectivity index (χ0n) is 9.09. The molecule has 1 saturated carbocycles. The van der Waals surface area contributed by atoms with Crippen LogP contribution in [0.3, 0.4) is 0 Å². The van der Waals surface area contributed by atoms with Gasteiger partial charge in [0.15, 0.2) is 0 Å². The number of carboxylic acids is 1. The predicted octanol–water partition coefficient (Wildman–Crippen LogP) is 2.41. The van der Waals surface area contributed by atoms with Gasteiger partial charge < -0.3 is 14.3 Å². The highest BCUT2D eigenvalue weighted by molar-refractivity contribution is 5.68. The Morgan fingerprint density at radius 2 is 2.31 bits per heavy atom. The van der Waals surface area contributed by atoms with Gasteiger partial charge in [-0.05, 0) is 25.0 Å². The van der Waals surface area contributed by atoms with E-state index in [2.05, 4.69) is 0 Å². The zero-order valence-corrected chi connectivity index (χ0v) is 9.09. The average Bonchev–Trinajstić information content (AvgIpc) is 2.80. The molecule has 1 aliphatic rings. The third kappa shape index (κ3) is 2.64. The van der Waals surface area contributed by atoms with Crippen LogP contribution < -0.4 is 0 Å². The van der Waals surface area contributed by atoms with E-state index in [9.17, 15) is 4.79 Å². The fourth-order valence-electron chi connectivity index (χ4n) is 2.30. The van der Waals surface area contributed by atoms with Gasteiger partial charge in [0, 0.05) is 5.92 Å². The monoisotopic (exact) mass is 224 g/mol. The molecule has 1 heterocycles. The molecule has 1 aliphatic carbocycles. The van der Waals surface area contributed by atoms with Gasteiger partial charge in [0.05, 0.1) is 12.4 Å². The molecule has 0 bridgehead atoms. The molecule has 1 fully saturated rings. The summed E-state index contributed by atoms with van der Waals surface area (Å²) in [6, 6.07) is 3.80. The Hall–Kier alpha value is -1.29. The van der Waals surface area contributed by atoms with Crippen molar-refractivity contribution in [3.63, 3.8) is 0 Å². The number of hydrogen-bond donors (Lipinski definition) is 1. The van der Waals surface area contributed by atoms with Crippen LogP contribution in [0.25, 0.3) is 0 Å². The number of carbonyl (C=O) groups is 1. The van der Waals surface area contributed by atoms with Gasteiger partial charge in [-0.15, -0.1) is 0 Å². The van der Waals surface area contributed by atoms with Crippen LogP contribution in [0.1, 0.15) is 37.4 Å². The molecule has 0 radical (unpaired) electrons. The maximum absolute atomic E-state index is 10.5. The van der Waals surface area contributed by atoms with Crippen molar-refractivity contribution in [3.8, 4) is 0 Å². The van der Waals surface area contributed by atoms with Crippen LogP contribution in [0.5, 0.6) is 0 Å². The summed E-state index contributed by atoms with van der Waals surface area (Å²) in [5.41, 5.74) is 0. The topological polar surface area (TPSA) is 59.7 Å². The number of carboxylic acid groups (broad SMARTS) is 1. The number of furan rings is 1. The van der Waals surface area contributed by atoms with E-state index >= 15 is 0 Å². The minimum atomic E-state index is -0.913. The number of hydrogen-bond acceptors (Lipinski definition) is 3. The molecular weight excluding hydrogens is 208 g/mol. The molecule has 2 atom stereocenters. The standard InChI is InChI=1S/C12H16O4/c13-12(14)8-16-11-5-2-1-4-9(11)10-6-3-7-15-10/h3,6-7,9,11H,1-2,4-5,8H2,(H,13,14)/t9-,11-/m0/s1. The fraction of sp³-hybridized carbons (Fsp3) is 0.583. The Labute approximate surface area is 94.2 Å². The van der Waals surface area contributed by atoms with Crippen molar-refractivity contribution < 1.29 is 19.1 Å². The third-order valence-electron chi connectivity index (χ3n) is 3.03. The largest absolute Gasteiger partial charge is 0.480 e. The van der Waals surface area contributed by atoms with Gasteiger partial charge in [0.2, 0.25) is 0 Å². The van der Waals surface area contributed by atoms with Gasteiger partial charge in [-0.25, -0.2) is 4.79 Å². The summed E-state index contributed by atoms with van der Waals surface area (Å²) in [5.74, 6) is 0.210. The third-order valence-corrected chi connectivity index (χ3v) is 3.03. The van der Waals surface area contributed by atoms with E-state index in [0.29, 0.717) is 0 Å². The zero-order chi connectivity index (χ0) is 11.4. The Bertz CT molecular complexity index is 331. The minimum Gasteiger partial charge on any atom is -0.480 e. The molecule has 0 unspecified atom stereocenters. The van der Waals surface area contributed by atoms with Gasteiger partial charge in [0.1, 0.15) is 12.4 Å². The Balaban J connectivity index is 2.00. The Morgan fingerprint density at radius 1 is 1.50 bits per heavy atom. The molecule has 4 heteroatoms. The van der Waals surface area contributed by atoms with E-state index in [0.717, 1.165) is 31.4 Å². The summed E-state index contributed by atoms with van der Waals surface area (Å²) in [7, 11) is 0. The highest BCUT2D eigenvalue weighted by Crippen LogP contribution is 2.35. The van der Waals surface area contributed by atoms with Crippen LogP contribution in [-0.4, -0.2) is 23.8 Å². The molecule has 4 nitrogen and oxygen atoms in total. The van der Waals surface area contributed by atoms with Crippen molar-refractivity contribution in [2.75, 3.05) is 6.61 Å². The first-order valence-electron chi connectivity index (χ1n) is 5.64. The lowest BCUT2D eigenvalue weighted by atomic mass is 9.85. The van der Waals surface area contributed by atoms with E-state index in [1.54, 1.807) is 6.26 Å². The van der Waals surface area contributed by atoms with Gasteiger partial charge >= 0.3 is 5.97 Å². The summed E-state index contributed by atoms with van der Waals surface area (Å²) < 4.78 is 10.8. The first-order valence-corrected chi connectivity index (χ1v) is 5.64. The molecule has 0 amide bonds. The van der Waals surface area contributed by atoms with Crippen molar-refractivity contribution in [2.45, 2.75) is 37.7 Å². The summed E-state index contributed by atoms with van der Waals surface area (Å²) >= 11 is 0. The van der Waals surface area contributed by atoms with Crippen LogP contribution in [0, 0.1) is 0 Å². The Kier molecular flexibility index (Phi) is 3.62. The van der Waals surface area contributed by atoms with Crippen molar-refractivity contribution in [1.82, 2.24) is 0 Å². The van der Waals surface area contributed by atoms with Crippen LogP contribution >= 0.6 is 0 Å². The predicted molar refractivity (Wildman–Crippen MR) is 57.3 cm³/mol. The highest BCUT2D eigenvalue weighted by Gasteiger charge is 2.29. The molecule has 0 aromatic carbocycles. The molecule has 1 aromatic rings. The van der Waals surface area contributed by atoms with E-state index in [1.807, 2.05) is 12.1 Å². The van der Waals surface area contributed by atoms with Crippen LogP contribution in [0.2, 0.25) is 0 Å². The second kappa shape index (κ2) is 5.16. The molecule has 0 saturated heterocycles.